The molecular formula is C15H11F2N3O2. The van der Waals surface area contributed by atoms with Crippen molar-refractivity contribution in [2.75, 3.05) is 7.11 Å². The third-order valence-corrected chi connectivity index (χ3v) is 3.34. The number of benzene rings is 1. The number of fused-ring (bicyclic) bond motifs is 1. The van der Waals surface area contributed by atoms with E-state index in [4.69, 9.17) is 0 Å². The summed E-state index contributed by atoms with van der Waals surface area (Å²) in [6.45, 7) is 0. The first-order chi connectivity index (χ1) is 10.5. The minimum absolute atomic E-state index is 0.0363. The molecule has 0 fully saturated rings. The van der Waals surface area contributed by atoms with E-state index in [2.05, 4.69) is 14.7 Å². The maximum absolute atomic E-state index is 14.3. The Bertz CT molecular complexity index is 876. The minimum Gasteiger partial charge on any atom is -0.465 e. The SMILES string of the molecule is COC(=O)c1cc2nc(-c3ccccn3)n(C)c2c(F)c1F. The topological polar surface area (TPSA) is 57.0 Å². The van der Waals surface area contributed by atoms with Crippen molar-refractivity contribution in [1.82, 2.24) is 14.5 Å². The van der Waals surface area contributed by atoms with Gasteiger partial charge in [-0.15, -0.1) is 0 Å². The van der Waals surface area contributed by atoms with Crippen LogP contribution in [0.2, 0.25) is 0 Å². The number of hydrogen-bond donors (Lipinski definition) is 0. The second-order valence-electron chi connectivity index (χ2n) is 4.62. The van der Waals surface area contributed by atoms with Crippen LogP contribution in [0.15, 0.2) is 30.5 Å². The number of aromatic nitrogens is 3. The second-order valence-corrected chi connectivity index (χ2v) is 4.62. The molecule has 0 N–H and O–H groups in total. The molecule has 22 heavy (non-hydrogen) atoms. The van der Waals surface area contributed by atoms with E-state index in [1.165, 1.54) is 10.6 Å². The van der Waals surface area contributed by atoms with Crippen LogP contribution in [0.3, 0.4) is 0 Å². The normalized spacial score (nSPS) is 10.9. The number of ether oxygens (including phenoxy) is 1. The molecule has 0 atom stereocenters. The van der Waals surface area contributed by atoms with Gasteiger partial charge in [0.15, 0.2) is 17.5 Å². The summed E-state index contributed by atoms with van der Waals surface area (Å²) in [5.74, 6) is -2.98. The van der Waals surface area contributed by atoms with Crippen LogP contribution >= 0.6 is 0 Å². The van der Waals surface area contributed by atoms with Crippen LogP contribution in [-0.2, 0) is 11.8 Å². The lowest BCUT2D eigenvalue weighted by molar-refractivity contribution is 0.0594. The number of rotatable bonds is 2. The highest BCUT2D eigenvalue weighted by atomic mass is 19.2. The van der Waals surface area contributed by atoms with Crippen molar-refractivity contribution < 1.29 is 18.3 Å². The summed E-state index contributed by atoms with van der Waals surface area (Å²) in [6, 6.07) is 6.38. The minimum atomic E-state index is -1.25. The number of aryl methyl sites for hydroxylation is 1. The largest absolute Gasteiger partial charge is 0.465 e. The number of carbonyl (C=O) groups excluding carboxylic acids is 1. The number of nitrogens with zero attached hydrogens (tertiary/aromatic N) is 3. The van der Waals surface area contributed by atoms with Gasteiger partial charge in [0.05, 0.1) is 12.6 Å². The van der Waals surface area contributed by atoms with Gasteiger partial charge in [-0.1, -0.05) is 6.07 Å². The molecule has 2 aromatic heterocycles. The van der Waals surface area contributed by atoms with Gasteiger partial charge in [-0.25, -0.2) is 18.6 Å². The molecule has 7 heteroatoms. The van der Waals surface area contributed by atoms with Crippen LogP contribution < -0.4 is 0 Å². The van der Waals surface area contributed by atoms with Gasteiger partial charge in [-0.05, 0) is 18.2 Å². The highest BCUT2D eigenvalue weighted by molar-refractivity contribution is 5.95. The van der Waals surface area contributed by atoms with Gasteiger partial charge in [0.2, 0.25) is 0 Å². The lowest BCUT2D eigenvalue weighted by atomic mass is 10.1. The molecule has 0 saturated heterocycles. The molecular weight excluding hydrogens is 292 g/mol. The average Bonchev–Trinajstić information content (AvgIpc) is 2.88. The van der Waals surface area contributed by atoms with Crippen molar-refractivity contribution in [3.05, 3.63) is 47.7 Å². The van der Waals surface area contributed by atoms with E-state index in [-0.39, 0.29) is 11.0 Å². The Hall–Kier alpha value is -2.83. The molecule has 3 aromatic rings. The van der Waals surface area contributed by atoms with Crippen LogP contribution in [0.25, 0.3) is 22.6 Å². The molecule has 5 nitrogen and oxygen atoms in total. The fourth-order valence-electron chi connectivity index (χ4n) is 2.28. The van der Waals surface area contributed by atoms with E-state index in [1.54, 1.807) is 31.4 Å². The number of pyridine rings is 1. The highest BCUT2D eigenvalue weighted by Crippen LogP contribution is 2.28. The lowest BCUT2D eigenvalue weighted by Gasteiger charge is -2.05. The third-order valence-electron chi connectivity index (χ3n) is 3.34. The quantitative estimate of drug-likeness (QED) is 0.683. The van der Waals surface area contributed by atoms with E-state index in [0.29, 0.717) is 11.5 Å². The van der Waals surface area contributed by atoms with Gasteiger partial charge in [-0.2, -0.15) is 0 Å². The van der Waals surface area contributed by atoms with E-state index >= 15 is 0 Å². The predicted octanol–water partition coefficient (Wildman–Crippen LogP) is 2.70. The Morgan fingerprint density at radius 2 is 2.05 bits per heavy atom. The van der Waals surface area contributed by atoms with Gasteiger partial charge in [0.25, 0.3) is 0 Å². The Labute approximate surface area is 124 Å². The Kier molecular flexibility index (Phi) is 3.32. The zero-order valence-electron chi connectivity index (χ0n) is 11.8. The predicted molar refractivity (Wildman–Crippen MR) is 75.2 cm³/mol. The van der Waals surface area contributed by atoms with Crippen LogP contribution in [-0.4, -0.2) is 27.6 Å². The molecule has 0 aliphatic carbocycles. The standard InChI is InChI=1S/C15H11F2N3O2/c1-20-13-10(19-14(20)9-5-3-4-6-18-9)7-8(15(21)22-2)11(16)12(13)17/h3-7H,1-2H3. The van der Waals surface area contributed by atoms with Crippen molar-refractivity contribution in [2.24, 2.45) is 7.05 Å². The molecule has 2 heterocycles. The van der Waals surface area contributed by atoms with Crippen molar-refractivity contribution in [3.8, 4) is 11.5 Å². The zero-order valence-corrected chi connectivity index (χ0v) is 11.8. The van der Waals surface area contributed by atoms with Crippen molar-refractivity contribution >= 4 is 17.0 Å². The van der Waals surface area contributed by atoms with Crippen LogP contribution in [0.4, 0.5) is 8.78 Å². The maximum Gasteiger partial charge on any atom is 0.341 e. The fourth-order valence-corrected chi connectivity index (χ4v) is 2.28. The maximum atomic E-state index is 14.3. The van der Waals surface area contributed by atoms with Crippen molar-refractivity contribution in [3.63, 3.8) is 0 Å². The molecule has 0 aliphatic rings. The van der Waals surface area contributed by atoms with Crippen molar-refractivity contribution in [2.45, 2.75) is 0 Å². The second kappa shape index (κ2) is 5.18. The molecule has 0 radical (unpaired) electrons. The lowest BCUT2D eigenvalue weighted by Crippen LogP contribution is -2.07. The third kappa shape index (κ3) is 2.02. The Morgan fingerprint density at radius 1 is 1.27 bits per heavy atom. The molecule has 0 spiro atoms. The summed E-state index contributed by atoms with van der Waals surface area (Å²) in [4.78, 5) is 19.9. The van der Waals surface area contributed by atoms with E-state index in [0.717, 1.165) is 7.11 Å². The van der Waals surface area contributed by atoms with Crippen LogP contribution in [0, 0.1) is 11.6 Å². The molecule has 0 amide bonds. The summed E-state index contributed by atoms with van der Waals surface area (Å²) in [5, 5.41) is 0. The number of carbonyl (C=O) groups is 1. The number of hydrogen-bond acceptors (Lipinski definition) is 4. The van der Waals surface area contributed by atoms with Gasteiger partial charge >= 0.3 is 5.97 Å². The van der Waals surface area contributed by atoms with Gasteiger partial charge < -0.3 is 9.30 Å². The molecule has 112 valence electrons. The molecule has 0 unspecified atom stereocenters. The number of methoxy groups -OCH3 is 1. The monoisotopic (exact) mass is 303 g/mol. The van der Waals surface area contributed by atoms with Gasteiger partial charge in [0.1, 0.15) is 16.8 Å². The summed E-state index contributed by atoms with van der Waals surface area (Å²) >= 11 is 0. The zero-order chi connectivity index (χ0) is 15.9. The highest BCUT2D eigenvalue weighted by Gasteiger charge is 2.23. The van der Waals surface area contributed by atoms with Gasteiger partial charge in [0, 0.05) is 13.2 Å². The van der Waals surface area contributed by atoms with E-state index in [1.807, 2.05) is 0 Å². The summed E-state index contributed by atoms with van der Waals surface area (Å²) in [7, 11) is 2.65. The smallest absolute Gasteiger partial charge is 0.341 e. The average molecular weight is 303 g/mol. The summed E-state index contributed by atoms with van der Waals surface area (Å²) in [6.07, 6.45) is 1.57. The molecule has 0 aliphatic heterocycles. The summed E-state index contributed by atoms with van der Waals surface area (Å²) < 4.78 is 34.2. The summed E-state index contributed by atoms with van der Waals surface area (Å²) in [5.41, 5.74) is 0.145. The van der Waals surface area contributed by atoms with Crippen molar-refractivity contribution in [1.29, 1.82) is 0 Å². The van der Waals surface area contributed by atoms with Gasteiger partial charge in [-0.3, -0.25) is 4.98 Å². The molecule has 1 aromatic carbocycles. The number of imidazole rings is 1. The Balaban J connectivity index is 2.31. The number of halogens is 2. The first-order valence-corrected chi connectivity index (χ1v) is 6.38. The molecule has 0 bridgehead atoms. The first kappa shape index (κ1) is 14.1. The Morgan fingerprint density at radius 3 is 2.68 bits per heavy atom. The van der Waals surface area contributed by atoms with E-state index < -0.39 is 23.2 Å². The fraction of sp³-hybridized carbons (Fsp3) is 0.133. The molecule has 3 rings (SSSR count). The van der Waals surface area contributed by atoms with E-state index in [9.17, 15) is 13.6 Å². The van der Waals surface area contributed by atoms with Crippen LogP contribution in [0.5, 0.6) is 0 Å². The number of esters is 1. The molecule has 0 saturated carbocycles. The van der Waals surface area contributed by atoms with Crippen LogP contribution in [0.1, 0.15) is 10.4 Å². The first-order valence-electron chi connectivity index (χ1n) is 6.38.